The van der Waals surface area contributed by atoms with Gasteiger partial charge in [0.25, 0.3) is 0 Å². The molecular weight excluding hydrogens is 355 g/mol. The van der Waals surface area contributed by atoms with Crippen LogP contribution in [0.5, 0.6) is 0 Å². The van der Waals surface area contributed by atoms with E-state index in [0.717, 1.165) is 0 Å². The molecule has 0 radical (unpaired) electrons. The molecule has 1 saturated heterocycles. The summed E-state index contributed by atoms with van der Waals surface area (Å²) in [7, 11) is -3.63. The lowest BCUT2D eigenvalue weighted by atomic mass is 10.3. The van der Waals surface area contributed by atoms with Gasteiger partial charge in [-0.1, -0.05) is 47.4 Å². The van der Waals surface area contributed by atoms with E-state index in [2.05, 4.69) is 11.5 Å². The van der Waals surface area contributed by atoms with E-state index < -0.39 is 10.0 Å². The number of hydrogen-bond donors (Lipinski definition) is 0. The van der Waals surface area contributed by atoms with E-state index in [1.807, 2.05) is 0 Å². The summed E-state index contributed by atoms with van der Waals surface area (Å²) in [6, 6.07) is 4.61. The van der Waals surface area contributed by atoms with E-state index in [9.17, 15) is 8.42 Å². The standard InChI is InChI=1S/C13H15Cl3N2O2S/c1-10(14)9-17-5-7-18(8-6-17)21(19,20)12-4-2-3-11(15)13(12)16/h2-4H,1,5-9H2. The van der Waals surface area contributed by atoms with Gasteiger partial charge in [-0.05, 0) is 12.1 Å². The summed E-state index contributed by atoms with van der Waals surface area (Å²) >= 11 is 17.7. The summed E-state index contributed by atoms with van der Waals surface area (Å²) in [6.07, 6.45) is 0. The highest BCUT2D eigenvalue weighted by atomic mass is 35.5. The molecular formula is C13H15Cl3N2O2S. The highest BCUT2D eigenvalue weighted by Gasteiger charge is 2.30. The summed E-state index contributed by atoms with van der Waals surface area (Å²) in [6.45, 7) is 6.18. The molecule has 2 rings (SSSR count). The maximum absolute atomic E-state index is 12.6. The SMILES string of the molecule is C=C(Cl)CN1CCN(S(=O)(=O)c2cccc(Cl)c2Cl)CC1. The third-order valence-corrected chi connectivity index (χ3v) is 6.25. The van der Waals surface area contributed by atoms with Crippen molar-refractivity contribution in [1.82, 2.24) is 9.21 Å². The van der Waals surface area contributed by atoms with Gasteiger partial charge in [-0.3, -0.25) is 4.90 Å². The minimum atomic E-state index is -3.63. The second kappa shape index (κ2) is 6.86. The molecule has 1 fully saturated rings. The fourth-order valence-electron chi connectivity index (χ4n) is 2.19. The van der Waals surface area contributed by atoms with Crippen molar-refractivity contribution in [1.29, 1.82) is 0 Å². The van der Waals surface area contributed by atoms with Crippen LogP contribution in [-0.4, -0.2) is 50.3 Å². The van der Waals surface area contributed by atoms with Crippen molar-refractivity contribution in [3.05, 3.63) is 39.9 Å². The Bertz CT molecular complexity index is 641. The largest absolute Gasteiger partial charge is 0.296 e. The molecule has 1 aromatic carbocycles. The normalized spacial score (nSPS) is 17.9. The van der Waals surface area contributed by atoms with Crippen molar-refractivity contribution in [3.63, 3.8) is 0 Å². The zero-order chi connectivity index (χ0) is 15.6. The van der Waals surface area contributed by atoms with Gasteiger partial charge in [0.15, 0.2) is 0 Å². The van der Waals surface area contributed by atoms with Crippen molar-refractivity contribution in [2.45, 2.75) is 4.90 Å². The second-order valence-electron chi connectivity index (χ2n) is 4.75. The number of nitrogens with zero attached hydrogens (tertiary/aromatic N) is 2. The van der Waals surface area contributed by atoms with E-state index in [-0.39, 0.29) is 14.9 Å². The molecule has 1 aromatic rings. The van der Waals surface area contributed by atoms with Crippen LogP contribution in [0.25, 0.3) is 0 Å². The first-order valence-electron chi connectivity index (χ1n) is 6.32. The fourth-order valence-corrected chi connectivity index (χ4v) is 4.52. The lowest BCUT2D eigenvalue weighted by molar-refractivity contribution is 0.203. The van der Waals surface area contributed by atoms with E-state index in [1.54, 1.807) is 12.1 Å². The second-order valence-corrected chi connectivity index (χ2v) is 7.98. The Hall–Kier alpha value is -0.300. The third-order valence-electron chi connectivity index (χ3n) is 3.26. The van der Waals surface area contributed by atoms with E-state index >= 15 is 0 Å². The minimum absolute atomic E-state index is 0.0480. The summed E-state index contributed by atoms with van der Waals surface area (Å²) in [5, 5.41) is 0.842. The summed E-state index contributed by atoms with van der Waals surface area (Å²) in [5.74, 6) is 0. The van der Waals surface area contributed by atoms with Crippen LogP contribution in [0, 0.1) is 0 Å². The topological polar surface area (TPSA) is 40.6 Å². The van der Waals surface area contributed by atoms with Gasteiger partial charge in [-0.15, -0.1) is 0 Å². The van der Waals surface area contributed by atoms with Crippen LogP contribution in [0.4, 0.5) is 0 Å². The van der Waals surface area contributed by atoms with Gasteiger partial charge < -0.3 is 0 Å². The van der Waals surface area contributed by atoms with E-state index in [4.69, 9.17) is 34.8 Å². The van der Waals surface area contributed by atoms with Gasteiger partial charge in [0, 0.05) is 37.8 Å². The van der Waals surface area contributed by atoms with Crippen LogP contribution in [0.3, 0.4) is 0 Å². The highest BCUT2D eigenvalue weighted by Crippen LogP contribution is 2.31. The Kier molecular flexibility index (Phi) is 5.57. The van der Waals surface area contributed by atoms with Crippen molar-refractivity contribution < 1.29 is 8.42 Å². The van der Waals surface area contributed by atoms with Gasteiger partial charge in [0.1, 0.15) is 4.90 Å². The highest BCUT2D eigenvalue weighted by molar-refractivity contribution is 7.89. The number of halogens is 3. The molecule has 0 unspecified atom stereocenters. The summed E-state index contributed by atoms with van der Waals surface area (Å²) in [4.78, 5) is 2.10. The maximum Gasteiger partial charge on any atom is 0.244 e. The first-order valence-corrected chi connectivity index (χ1v) is 8.89. The smallest absolute Gasteiger partial charge is 0.244 e. The number of piperazine rings is 1. The van der Waals surface area contributed by atoms with Crippen molar-refractivity contribution in [2.75, 3.05) is 32.7 Å². The molecule has 21 heavy (non-hydrogen) atoms. The molecule has 0 bridgehead atoms. The molecule has 0 aliphatic carbocycles. The molecule has 1 heterocycles. The molecule has 0 amide bonds. The number of rotatable bonds is 4. The zero-order valence-corrected chi connectivity index (χ0v) is 14.3. The zero-order valence-electron chi connectivity index (χ0n) is 11.2. The van der Waals surface area contributed by atoms with Gasteiger partial charge in [0.05, 0.1) is 10.0 Å². The predicted octanol–water partition coefficient (Wildman–Crippen LogP) is 3.05. The van der Waals surface area contributed by atoms with Gasteiger partial charge in [-0.25, -0.2) is 8.42 Å². The van der Waals surface area contributed by atoms with Crippen LogP contribution in [0.2, 0.25) is 10.0 Å². The Morgan fingerprint density at radius 2 is 1.81 bits per heavy atom. The van der Waals surface area contributed by atoms with Crippen LogP contribution >= 0.6 is 34.8 Å². The number of sulfonamides is 1. The molecule has 0 N–H and O–H groups in total. The quantitative estimate of drug-likeness (QED) is 0.819. The molecule has 116 valence electrons. The monoisotopic (exact) mass is 368 g/mol. The summed E-state index contributed by atoms with van der Waals surface area (Å²) in [5.41, 5.74) is 0. The van der Waals surface area contributed by atoms with E-state index in [1.165, 1.54) is 10.4 Å². The van der Waals surface area contributed by atoms with Crippen LogP contribution in [0.15, 0.2) is 34.7 Å². The van der Waals surface area contributed by atoms with Gasteiger partial charge >= 0.3 is 0 Å². The average molecular weight is 370 g/mol. The number of hydrogen-bond acceptors (Lipinski definition) is 3. The summed E-state index contributed by atoms with van der Waals surface area (Å²) < 4.78 is 26.6. The Morgan fingerprint density at radius 1 is 1.19 bits per heavy atom. The first kappa shape index (κ1) is 17.1. The Morgan fingerprint density at radius 3 is 2.38 bits per heavy atom. The van der Waals surface area contributed by atoms with Crippen LogP contribution < -0.4 is 0 Å². The van der Waals surface area contributed by atoms with Crippen molar-refractivity contribution in [2.24, 2.45) is 0 Å². The molecule has 1 aliphatic rings. The molecule has 0 spiro atoms. The fraction of sp³-hybridized carbons (Fsp3) is 0.385. The predicted molar refractivity (Wildman–Crippen MR) is 86.7 cm³/mol. The van der Waals surface area contributed by atoms with Crippen molar-refractivity contribution >= 4 is 44.8 Å². The molecule has 0 aromatic heterocycles. The molecule has 4 nitrogen and oxygen atoms in total. The van der Waals surface area contributed by atoms with Crippen LogP contribution in [-0.2, 0) is 10.0 Å². The lowest BCUT2D eigenvalue weighted by Crippen LogP contribution is -2.48. The Labute approximate surface area is 139 Å². The number of benzene rings is 1. The maximum atomic E-state index is 12.6. The molecule has 8 heteroatoms. The minimum Gasteiger partial charge on any atom is -0.296 e. The molecule has 0 atom stereocenters. The molecule has 0 saturated carbocycles. The van der Waals surface area contributed by atoms with Gasteiger partial charge in [-0.2, -0.15) is 4.31 Å². The van der Waals surface area contributed by atoms with E-state index in [0.29, 0.717) is 37.8 Å². The molecule has 1 aliphatic heterocycles. The van der Waals surface area contributed by atoms with Crippen molar-refractivity contribution in [3.8, 4) is 0 Å². The Balaban J connectivity index is 2.15. The lowest BCUT2D eigenvalue weighted by Gasteiger charge is -2.33. The average Bonchev–Trinajstić information content (AvgIpc) is 2.41. The first-order chi connectivity index (χ1) is 9.82. The third kappa shape index (κ3) is 3.92. The van der Waals surface area contributed by atoms with Crippen LogP contribution in [0.1, 0.15) is 0 Å². The van der Waals surface area contributed by atoms with Gasteiger partial charge in [0.2, 0.25) is 10.0 Å².